The standard InChI is InChI=1S/Fe.Li.H3O4P.Zn.H/c;;1-5(2,3)4;;/h;;(H3,1,2,3,4);;. The van der Waals surface area contributed by atoms with E-state index in [-0.39, 0.29) is 55.4 Å². The van der Waals surface area contributed by atoms with Crippen molar-refractivity contribution in [2.24, 2.45) is 0 Å². The SMILES string of the molecule is O=P(O)(O)O.[Fe].[LiH].[Zn]. The van der Waals surface area contributed by atoms with Gasteiger partial charge in [-0.2, -0.15) is 0 Å². The molecular weight excluding hydrogens is 223 g/mol. The second-order valence-corrected chi connectivity index (χ2v) is 1.54. The summed E-state index contributed by atoms with van der Waals surface area (Å²) in [4.78, 5) is 21.6. The van der Waals surface area contributed by atoms with E-state index in [0.717, 1.165) is 0 Å². The van der Waals surface area contributed by atoms with Crippen LogP contribution in [0.5, 0.6) is 0 Å². The Balaban J connectivity index is -0.0000000267. The van der Waals surface area contributed by atoms with Crippen molar-refractivity contribution in [2.45, 2.75) is 0 Å². The summed E-state index contributed by atoms with van der Waals surface area (Å²) in [6.45, 7) is 0. The number of rotatable bonds is 0. The fourth-order valence-electron chi connectivity index (χ4n) is 0. The largest absolute Gasteiger partial charge is 0 e. The third-order valence-electron chi connectivity index (χ3n) is 0. The van der Waals surface area contributed by atoms with Crippen LogP contribution in [-0.2, 0) is 41.1 Å². The van der Waals surface area contributed by atoms with Crippen LogP contribution in [-0.4, -0.2) is 33.5 Å². The first-order valence-electron chi connectivity index (χ1n) is 0.783. The Bertz CT molecular complexity index is 62.2. The van der Waals surface area contributed by atoms with Crippen molar-refractivity contribution in [3.05, 3.63) is 0 Å². The average Bonchev–Trinajstić information content (AvgIpc) is 0.722. The Kier molecular flexibility index (Phi) is 24.9. The van der Waals surface area contributed by atoms with E-state index in [1.54, 1.807) is 0 Å². The molecule has 0 aromatic rings. The minimum absolute atomic E-state index is 0. The molecule has 4 nitrogen and oxygen atoms in total. The fraction of sp³-hybridized carbons (Fsp3) is 0. The van der Waals surface area contributed by atoms with Crippen LogP contribution in [0.2, 0.25) is 0 Å². The van der Waals surface area contributed by atoms with E-state index in [4.69, 9.17) is 19.2 Å². The molecule has 0 spiro atoms. The van der Waals surface area contributed by atoms with E-state index >= 15 is 0 Å². The van der Waals surface area contributed by atoms with Gasteiger partial charge in [0.25, 0.3) is 0 Å². The van der Waals surface area contributed by atoms with Gasteiger partial charge in [0.2, 0.25) is 0 Å². The molecule has 0 atom stereocenters. The van der Waals surface area contributed by atoms with Gasteiger partial charge in [-0.15, -0.1) is 0 Å². The molecule has 0 saturated carbocycles. The summed E-state index contributed by atoms with van der Waals surface area (Å²) in [6, 6.07) is 0. The van der Waals surface area contributed by atoms with E-state index in [1.165, 1.54) is 0 Å². The molecule has 0 heterocycles. The van der Waals surface area contributed by atoms with Crippen molar-refractivity contribution < 1.29 is 55.8 Å². The second-order valence-electron chi connectivity index (χ2n) is 0.513. The van der Waals surface area contributed by atoms with Gasteiger partial charge in [-0.1, -0.05) is 0 Å². The summed E-state index contributed by atoms with van der Waals surface area (Å²) in [6.07, 6.45) is 0. The Morgan fingerprint density at radius 3 is 1.12 bits per heavy atom. The van der Waals surface area contributed by atoms with Crippen LogP contribution in [0.25, 0.3) is 0 Å². The van der Waals surface area contributed by atoms with Crippen LogP contribution < -0.4 is 0 Å². The van der Waals surface area contributed by atoms with Gasteiger partial charge < -0.3 is 14.7 Å². The summed E-state index contributed by atoms with van der Waals surface area (Å²) in [7, 11) is -4.64. The van der Waals surface area contributed by atoms with Crippen LogP contribution in [0.4, 0.5) is 0 Å². The predicted molar refractivity (Wildman–Crippen MR) is 21.4 cm³/mol. The second kappa shape index (κ2) is 8.85. The van der Waals surface area contributed by atoms with Crippen molar-refractivity contribution in [3.63, 3.8) is 0 Å². The maximum atomic E-state index is 8.88. The molecule has 0 aliphatic heterocycles. The first-order chi connectivity index (χ1) is 2.00. The zero-order valence-corrected chi connectivity index (χ0v) is 8.22. The van der Waals surface area contributed by atoms with Crippen molar-refractivity contribution in [1.29, 1.82) is 0 Å². The van der Waals surface area contributed by atoms with Crippen LogP contribution in [0.3, 0.4) is 0 Å². The first kappa shape index (κ1) is 22.5. The monoisotopic (exact) mass is 226 g/mol. The molecule has 44 valence electrons. The molecule has 0 radical (unpaired) electrons. The maximum Gasteiger partial charge on any atom is 0 e. The van der Waals surface area contributed by atoms with Gasteiger partial charge in [-0.3, -0.25) is 0 Å². The molecular formula is H4FeLiO4PZn. The Labute approximate surface area is 82.1 Å². The van der Waals surface area contributed by atoms with E-state index in [9.17, 15) is 0 Å². The van der Waals surface area contributed by atoms with Crippen LogP contribution in [0, 0.1) is 0 Å². The first-order valence-corrected chi connectivity index (χ1v) is 2.35. The molecule has 0 aromatic carbocycles. The average molecular weight is 227 g/mol. The Morgan fingerprint density at radius 1 is 1.12 bits per heavy atom. The zero-order chi connectivity index (χ0) is 4.50. The third-order valence-corrected chi connectivity index (χ3v) is 0. The van der Waals surface area contributed by atoms with Crippen molar-refractivity contribution in [1.82, 2.24) is 0 Å². The van der Waals surface area contributed by atoms with E-state index in [1.807, 2.05) is 0 Å². The molecule has 0 aliphatic carbocycles. The van der Waals surface area contributed by atoms with Gasteiger partial charge in [0.15, 0.2) is 0 Å². The minimum atomic E-state index is -4.64. The summed E-state index contributed by atoms with van der Waals surface area (Å²) >= 11 is 0. The summed E-state index contributed by atoms with van der Waals surface area (Å²) in [5.41, 5.74) is 0. The normalized spacial score (nSPS) is 7.38. The topological polar surface area (TPSA) is 77.8 Å². The number of hydrogen-bond donors (Lipinski definition) is 3. The van der Waals surface area contributed by atoms with Gasteiger partial charge in [-0.25, -0.2) is 4.57 Å². The Hall–Kier alpha value is 1.85. The molecule has 0 unspecified atom stereocenters. The molecule has 3 N–H and O–H groups in total. The van der Waals surface area contributed by atoms with Crippen LogP contribution in [0.15, 0.2) is 0 Å². The summed E-state index contributed by atoms with van der Waals surface area (Å²) in [5, 5.41) is 0. The molecule has 0 saturated heterocycles. The molecule has 0 aromatic heterocycles. The number of phosphoric acid groups is 1. The van der Waals surface area contributed by atoms with E-state index in [0.29, 0.717) is 0 Å². The molecule has 0 bridgehead atoms. The third kappa shape index (κ3) is 108. The van der Waals surface area contributed by atoms with E-state index in [2.05, 4.69) is 0 Å². The maximum absolute atomic E-state index is 8.88. The van der Waals surface area contributed by atoms with Gasteiger partial charge in [0, 0.05) is 36.5 Å². The van der Waals surface area contributed by atoms with Gasteiger partial charge in [0.1, 0.15) is 0 Å². The van der Waals surface area contributed by atoms with E-state index < -0.39 is 7.82 Å². The molecule has 8 heavy (non-hydrogen) atoms. The summed E-state index contributed by atoms with van der Waals surface area (Å²) in [5.74, 6) is 0. The number of hydrogen-bond acceptors (Lipinski definition) is 1. The zero-order valence-electron chi connectivity index (χ0n) is 3.26. The minimum Gasteiger partial charge on any atom is 0 e. The van der Waals surface area contributed by atoms with Gasteiger partial charge in [0.05, 0.1) is 0 Å². The van der Waals surface area contributed by atoms with Crippen LogP contribution >= 0.6 is 7.82 Å². The molecule has 0 amide bonds. The van der Waals surface area contributed by atoms with Gasteiger partial charge >= 0.3 is 26.7 Å². The smallest absolute Gasteiger partial charge is 0 e. The Morgan fingerprint density at radius 2 is 1.12 bits per heavy atom. The van der Waals surface area contributed by atoms with Crippen molar-refractivity contribution in [3.8, 4) is 0 Å². The quantitative estimate of drug-likeness (QED) is 0.345. The van der Waals surface area contributed by atoms with Crippen molar-refractivity contribution >= 4 is 26.7 Å². The van der Waals surface area contributed by atoms with Gasteiger partial charge in [-0.05, 0) is 0 Å². The summed E-state index contributed by atoms with van der Waals surface area (Å²) < 4.78 is 8.88. The fourth-order valence-corrected chi connectivity index (χ4v) is 0. The molecule has 0 fully saturated rings. The van der Waals surface area contributed by atoms with Crippen molar-refractivity contribution in [2.75, 3.05) is 0 Å². The van der Waals surface area contributed by atoms with Crippen LogP contribution in [0.1, 0.15) is 0 Å². The molecule has 8 heteroatoms. The molecule has 0 rings (SSSR count). The predicted octanol–water partition coefficient (Wildman–Crippen LogP) is -1.58. The molecule has 0 aliphatic rings.